The average Bonchev–Trinajstić information content (AvgIpc) is 2.61. The summed E-state index contributed by atoms with van der Waals surface area (Å²) < 4.78 is 0. The monoisotopic (exact) mass is 322 g/mol. The van der Waals surface area contributed by atoms with Crippen molar-refractivity contribution in [2.75, 3.05) is 6.54 Å². The maximum atomic E-state index is 12.0. The molecule has 2 aromatic rings. The Morgan fingerprint density at radius 2 is 2.04 bits per heavy atom. The van der Waals surface area contributed by atoms with Crippen LogP contribution >= 0.6 is 0 Å². The number of hydrogen-bond acceptors (Lipinski definition) is 5. The second-order valence-electron chi connectivity index (χ2n) is 5.08. The van der Waals surface area contributed by atoms with E-state index in [9.17, 15) is 9.90 Å². The number of nitrogens with zero attached hydrogens (tertiary/aromatic N) is 2. The Labute approximate surface area is 140 Å². The molecule has 0 spiro atoms. The number of amides is 1. The number of rotatable bonds is 7. The van der Waals surface area contributed by atoms with Gasteiger partial charge in [-0.1, -0.05) is 18.2 Å². The summed E-state index contributed by atoms with van der Waals surface area (Å²) >= 11 is 0. The van der Waals surface area contributed by atoms with Crippen molar-refractivity contribution in [3.8, 4) is 11.8 Å². The Hall–Kier alpha value is -3.33. The number of benzene rings is 1. The first-order chi connectivity index (χ1) is 11.7. The maximum Gasteiger partial charge on any atom is 0.263 e. The molecule has 0 aliphatic carbocycles. The van der Waals surface area contributed by atoms with Crippen LogP contribution in [-0.4, -0.2) is 22.5 Å². The molecule has 24 heavy (non-hydrogen) atoms. The Balaban J connectivity index is 1.79. The molecule has 0 bridgehead atoms. The lowest BCUT2D eigenvalue weighted by molar-refractivity contribution is -0.117. The highest BCUT2D eigenvalue weighted by Crippen LogP contribution is 2.09. The lowest BCUT2D eigenvalue weighted by Gasteiger charge is -2.06. The van der Waals surface area contributed by atoms with Gasteiger partial charge in [-0.2, -0.15) is 5.26 Å². The van der Waals surface area contributed by atoms with Crippen LogP contribution in [-0.2, 0) is 17.8 Å². The van der Waals surface area contributed by atoms with Crippen LogP contribution in [0.15, 0.2) is 60.6 Å². The van der Waals surface area contributed by atoms with Gasteiger partial charge in [0.15, 0.2) is 0 Å². The lowest BCUT2D eigenvalue weighted by Crippen LogP contribution is -2.27. The zero-order chi connectivity index (χ0) is 17.2. The molecule has 1 aromatic carbocycles. The fourth-order valence-electron chi connectivity index (χ4n) is 2.00. The van der Waals surface area contributed by atoms with Crippen molar-refractivity contribution in [2.45, 2.75) is 13.0 Å². The van der Waals surface area contributed by atoms with Gasteiger partial charge in [0, 0.05) is 31.7 Å². The number of hydrogen-bond donors (Lipinski definition) is 3. The summed E-state index contributed by atoms with van der Waals surface area (Å²) in [6, 6.07) is 12.4. The van der Waals surface area contributed by atoms with Gasteiger partial charge in [0.25, 0.3) is 5.91 Å². The summed E-state index contributed by atoms with van der Waals surface area (Å²) in [4.78, 5) is 16.0. The zero-order valence-corrected chi connectivity index (χ0v) is 13.1. The van der Waals surface area contributed by atoms with Crippen molar-refractivity contribution in [3.05, 3.63) is 71.7 Å². The highest BCUT2D eigenvalue weighted by molar-refractivity contribution is 5.97. The van der Waals surface area contributed by atoms with Crippen LogP contribution in [0.25, 0.3) is 0 Å². The number of aromatic nitrogens is 1. The maximum absolute atomic E-state index is 12.0. The predicted molar refractivity (Wildman–Crippen MR) is 89.6 cm³/mol. The number of carbonyl (C=O) groups excluding carboxylic acids is 1. The van der Waals surface area contributed by atoms with Crippen molar-refractivity contribution < 1.29 is 9.90 Å². The van der Waals surface area contributed by atoms with E-state index in [0.717, 1.165) is 11.1 Å². The number of nitrogens with one attached hydrogen (secondary N) is 2. The molecule has 6 heteroatoms. The van der Waals surface area contributed by atoms with Crippen LogP contribution < -0.4 is 10.6 Å². The summed E-state index contributed by atoms with van der Waals surface area (Å²) in [5, 5.41) is 23.9. The molecule has 0 unspecified atom stereocenters. The van der Waals surface area contributed by atoms with E-state index in [4.69, 9.17) is 5.26 Å². The average molecular weight is 322 g/mol. The molecule has 2 rings (SSSR count). The van der Waals surface area contributed by atoms with E-state index in [1.54, 1.807) is 36.7 Å². The van der Waals surface area contributed by atoms with E-state index in [2.05, 4.69) is 15.6 Å². The normalized spacial score (nSPS) is 10.7. The van der Waals surface area contributed by atoms with Crippen molar-refractivity contribution in [1.29, 1.82) is 5.26 Å². The largest absolute Gasteiger partial charge is 0.508 e. The Kier molecular flexibility index (Phi) is 6.35. The van der Waals surface area contributed by atoms with Crippen molar-refractivity contribution in [2.24, 2.45) is 0 Å². The van der Waals surface area contributed by atoms with Gasteiger partial charge in [-0.25, -0.2) is 0 Å². The van der Waals surface area contributed by atoms with E-state index in [-0.39, 0.29) is 11.3 Å². The zero-order valence-electron chi connectivity index (χ0n) is 13.1. The van der Waals surface area contributed by atoms with E-state index in [1.807, 2.05) is 18.2 Å². The topological polar surface area (TPSA) is 98.0 Å². The van der Waals surface area contributed by atoms with Gasteiger partial charge < -0.3 is 15.7 Å². The fraction of sp³-hybridized carbons (Fsp3) is 0.167. The molecular weight excluding hydrogens is 304 g/mol. The number of carbonyl (C=O) groups is 1. The van der Waals surface area contributed by atoms with Crippen molar-refractivity contribution >= 4 is 5.91 Å². The molecule has 1 amide bonds. The van der Waals surface area contributed by atoms with Crippen LogP contribution in [0.1, 0.15) is 11.1 Å². The Bertz CT molecular complexity index is 734. The molecule has 0 radical (unpaired) electrons. The van der Waals surface area contributed by atoms with E-state index >= 15 is 0 Å². The van der Waals surface area contributed by atoms with Gasteiger partial charge in [-0.05, 0) is 35.7 Å². The Morgan fingerprint density at radius 3 is 2.71 bits per heavy atom. The molecule has 0 saturated carbocycles. The third kappa shape index (κ3) is 5.46. The Morgan fingerprint density at radius 1 is 1.25 bits per heavy atom. The van der Waals surface area contributed by atoms with Crippen molar-refractivity contribution in [3.63, 3.8) is 0 Å². The third-order valence-electron chi connectivity index (χ3n) is 3.28. The summed E-state index contributed by atoms with van der Waals surface area (Å²) in [5.74, 6) is -0.216. The molecule has 0 aliphatic heterocycles. The second kappa shape index (κ2) is 8.96. The van der Waals surface area contributed by atoms with Gasteiger partial charge in [-0.3, -0.25) is 9.78 Å². The van der Waals surface area contributed by atoms with Crippen LogP contribution in [0.5, 0.6) is 5.75 Å². The summed E-state index contributed by atoms with van der Waals surface area (Å²) in [5.41, 5.74) is 1.97. The summed E-state index contributed by atoms with van der Waals surface area (Å²) in [6.07, 6.45) is 5.42. The molecule has 1 heterocycles. The summed E-state index contributed by atoms with van der Waals surface area (Å²) in [7, 11) is 0. The number of aromatic hydroxyl groups is 1. The lowest BCUT2D eigenvalue weighted by atomic mass is 10.1. The van der Waals surface area contributed by atoms with Crippen LogP contribution in [0.4, 0.5) is 0 Å². The van der Waals surface area contributed by atoms with Crippen LogP contribution in [0.3, 0.4) is 0 Å². The predicted octanol–water partition coefficient (Wildman–Crippen LogP) is 1.64. The molecule has 1 aromatic heterocycles. The number of pyridine rings is 1. The van der Waals surface area contributed by atoms with E-state index < -0.39 is 5.91 Å². The van der Waals surface area contributed by atoms with Gasteiger partial charge in [-0.15, -0.1) is 0 Å². The minimum absolute atomic E-state index is 0.0181. The highest BCUT2D eigenvalue weighted by atomic mass is 16.3. The molecule has 3 N–H and O–H groups in total. The quantitative estimate of drug-likeness (QED) is 0.532. The molecule has 6 nitrogen and oxygen atoms in total. The second-order valence-corrected chi connectivity index (χ2v) is 5.08. The smallest absolute Gasteiger partial charge is 0.263 e. The molecular formula is C18H18N4O2. The first kappa shape index (κ1) is 17.0. The SMILES string of the molecule is N#C/C(=C/NCc1cccnc1)C(=O)NCCc1ccc(O)cc1. The van der Waals surface area contributed by atoms with Crippen LogP contribution in [0, 0.1) is 11.3 Å². The number of phenolic OH excluding ortho intramolecular Hbond substituents is 1. The molecule has 0 atom stereocenters. The number of nitriles is 1. The minimum atomic E-state index is -0.421. The standard InChI is InChI=1S/C18H18N4O2/c19-10-16(13-21-12-15-2-1-8-20-11-15)18(24)22-9-7-14-3-5-17(23)6-4-14/h1-6,8,11,13,21,23H,7,9,12H2,(H,22,24)/b16-13-. The minimum Gasteiger partial charge on any atom is -0.508 e. The summed E-state index contributed by atoms with van der Waals surface area (Å²) in [6.45, 7) is 0.894. The fourth-order valence-corrected chi connectivity index (χ4v) is 2.00. The third-order valence-corrected chi connectivity index (χ3v) is 3.28. The van der Waals surface area contributed by atoms with Gasteiger partial charge in [0.2, 0.25) is 0 Å². The first-order valence-electron chi connectivity index (χ1n) is 7.47. The van der Waals surface area contributed by atoms with Gasteiger partial charge >= 0.3 is 0 Å². The van der Waals surface area contributed by atoms with Gasteiger partial charge in [0.1, 0.15) is 17.4 Å². The van der Waals surface area contributed by atoms with E-state index in [0.29, 0.717) is 19.5 Å². The van der Waals surface area contributed by atoms with Crippen LogP contribution in [0.2, 0.25) is 0 Å². The molecule has 0 fully saturated rings. The van der Waals surface area contributed by atoms with Gasteiger partial charge in [0.05, 0.1) is 0 Å². The molecule has 122 valence electrons. The molecule has 0 aliphatic rings. The highest BCUT2D eigenvalue weighted by Gasteiger charge is 2.07. The molecule has 0 saturated heterocycles. The van der Waals surface area contributed by atoms with Crippen molar-refractivity contribution in [1.82, 2.24) is 15.6 Å². The van der Waals surface area contributed by atoms with E-state index in [1.165, 1.54) is 6.20 Å². The number of phenols is 1. The first-order valence-corrected chi connectivity index (χ1v) is 7.47.